The molecule has 0 radical (unpaired) electrons. The smallest absolute Gasteiger partial charge is 0.326 e. The van der Waals surface area contributed by atoms with Crippen LogP contribution in [-0.4, -0.2) is 76.3 Å². The number of carboxylic acids is 1. The number of H-pyrrole nitrogens is 1. The molecule has 1 aromatic heterocycles. The average Bonchev–Trinajstić information content (AvgIpc) is 3.31. The lowest BCUT2D eigenvalue weighted by Crippen LogP contribution is -2.58. The number of carboxylic acid groups (broad SMARTS) is 1. The van der Waals surface area contributed by atoms with E-state index in [-0.39, 0.29) is 25.7 Å². The zero-order valence-corrected chi connectivity index (χ0v) is 22.6. The van der Waals surface area contributed by atoms with Crippen LogP contribution in [0.2, 0.25) is 0 Å². The summed E-state index contributed by atoms with van der Waals surface area (Å²) >= 11 is 0. The number of rotatable bonds is 18. The molecule has 15 nitrogen and oxygen atoms in total. The van der Waals surface area contributed by atoms with Crippen molar-refractivity contribution in [3.05, 3.63) is 36.0 Å². The number of unbranched alkanes of at least 4 members (excludes halogenated alkanes) is 1. The van der Waals surface area contributed by atoms with E-state index in [4.69, 9.17) is 22.9 Å². The third-order valence-electron chi connectivity index (χ3n) is 6.36. The standard InChI is InChI=1S/C26H38N8O7/c27-10-4-3-7-19(26(40)41)33-25(39)20(12-22(30)36)34-24(38)18(8-9-21(29)35)32-23(37)16(28)11-14-13-31-17-6-2-1-5-15(14)17/h1-2,5-6,13,16,18-20,31H,3-4,7-12,27-28H2,(H2,29,35)(H2,30,36)(H,32,37)(H,33,39)(H,34,38)(H,40,41). The maximum absolute atomic E-state index is 13.1. The summed E-state index contributed by atoms with van der Waals surface area (Å²) in [6, 6.07) is 2.15. The summed E-state index contributed by atoms with van der Waals surface area (Å²) in [7, 11) is 0. The summed E-state index contributed by atoms with van der Waals surface area (Å²) < 4.78 is 0. The normalized spacial score (nSPS) is 13.9. The lowest BCUT2D eigenvalue weighted by molar-refractivity contribution is -0.142. The quantitative estimate of drug-likeness (QED) is 0.0876. The number of nitrogens with two attached hydrogens (primary N) is 4. The molecular formula is C26H38N8O7. The maximum Gasteiger partial charge on any atom is 0.326 e. The second kappa shape index (κ2) is 15.9. The van der Waals surface area contributed by atoms with Crippen molar-refractivity contribution in [1.29, 1.82) is 0 Å². The minimum absolute atomic E-state index is 0.0706. The van der Waals surface area contributed by atoms with Gasteiger partial charge in [0.25, 0.3) is 0 Å². The van der Waals surface area contributed by atoms with Gasteiger partial charge in [0.05, 0.1) is 12.5 Å². The van der Waals surface area contributed by atoms with E-state index in [1.54, 1.807) is 6.20 Å². The number of amides is 5. The Morgan fingerprint density at radius 3 is 2.10 bits per heavy atom. The van der Waals surface area contributed by atoms with E-state index in [9.17, 15) is 33.9 Å². The zero-order valence-electron chi connectivity index (χ0n) is 22.6. The molecule has 1 heterocycles. The van der Waals surface area contributed by atoms with Crippen molar-refractivity contribution in [2.75, 3.05) is 6.54 Å². The first-order valence-electron chi connectivity index (χ1n) is 13.1. The molecule has 4 atom stereocenters. The number of hydrogen-bond donors (Lipinski definition) is 9. The van der Waals surface area contributed by atoms with E-state index in [0.717, 1.165) is 16.5 Å². The summed E-state index contributed by atoms with van der Waals surface area (Å²) in [6.45, 7) is 0.338. The van der Waals surface area contributed by atoms with E-state index in [0.29, 0.717) is 19.4 Å². The molecule has 2 rings (SSSR count). The third-order valence-corrected chi connectivity index (χ3v) is 6.36. The Morgan fingerprint density at radius 2 is 1.46 bits per heavy atom. The van der Waals surface area contributed by atoms with Crippen molar-refractivity contribution in [1.82, 2.24) is 20.9 Å². The molecule has 0 aliphatic carbocycles. The molecule has 0 bridgehead atoms. The number of aliphatic carboxylic acids is 1. The lowest BCUT2D eigenvalue weighted by atomic mass is 10.0. The van der Waals surface area contributed by atoms with Gasteiger partial charge in [-0.2, -0.15) is 0 Å². The molecule has 15 heteroatoms. The van der Waals surface area contributed by atoms with Gasteiger partial charge in [-0.25, -0.2) is 4.79 Å². The predicted octanol–water partition coefficient (Wildman–Crippen LogP) is -2.15. The summed E-state index contributed by atoms with van der Waals surface area (Å²) in [5.41, 5.74) is 23.6. The van der Waals surface area contributed by atoms with Gasteiger partial charge >= 0.3 is 5.97 Å². The molecule has 13 N–H and O–H groups in total. The first-order chi connectivity index (χ1) is 19.4. The number of primary amides is 2. The fourth-order valence-electron chi connectivity index (χ4n) is 4.17. The molecule has 41 heavy (non-hydrogen) atoms. The fraction of sp³-hybridized carbons (Fsp3) is 0.462. The van der Waals surface area contributed by atoms with Crippen LogP contribution in [0.5, 0.6) is 0 Å². The number of hydrogen-bond acceptors (Lipinski definition) is 8. The van der Waals surface area contributed by atoms with Crippen molar-refractivity contribution >= 4 is 46.4 Å². The molecule has 224 valence electrons. The first kappa shape index (κ1) is 32.7. The lowest BCUT2D eigenvalue weighted by Gasteiger charge is -2.24. The molecule has 1 aromatic carbocycles. The van der Waals surface area contributed by atoms with E-state index in [1.807, 2.05) is 24.3 Å². The predicted molar refractivity (Wildman–Crippen MR) is 149 cm³/mol. The second-order valence-corrected chi connectivity index (χ2v) is 9.65. The summed E-state index contributed by atoms with van der Waals surface area (Å²) in [4.78, 5) is 76.7. The number of fused-ring (bicyclic) bond motifs is 1. The van der Waals surface area contributed by atoms with Crippen LogP contribution in [0.1, 0.15) is 44.1 Å². The number of carbonyl (C=O) groups is 6. The van der Waals surface area contributed by atoms with E-state index in [2.05, 4.69) is 20.9 Å². The Balaban J connectivity index is 2.14. The Kier molecular flexibility index (Phi) is 12.7. The van der Waals surface area contributed by atoms with Crippen molar-refractivity contribution < 1.29 is 33.9 Å². The molecule has 0 aliphatic heterocycles. The van der Waals surface area contributed by atoms with Crippen LogP contribution >= 0.6 is 0 Å². The van der Waals surface area contributed by atoms with Gasteiger partial charge in [-0.1, -0.05) is 18.2 Å². The number of para-hydroxylation sites is 1. The number of aromatic amines is 1. The number of aromatic nitrogens is 1. The summed E-state index contributed by atoms with van der Waals surface area (Å²) in [5.74, 6) is -5.59. The van der Waals surface area contributed by atoms with Gasteiger partial charge in [-0.05, 0) is 50.3 Å². The van der Waals surface area contributed by atoms with Crippen LogP contribution in [0.3, 0.4) is 0 Å². The zero-order chi connectivity index (χ0) is 30.5. The molecular weight excluding hydrogens is 536 g/mol. The van der Waals surface area contributed by atoms with Gasteiger partial charge < -0.3 is 49.0 Å². The van der Waals surface area contributed by atoms with Crippen LogP contribution in [0.15, 0.2) is 30.5 Å². The number of benzene rings is 1. The highest BCUT2D eigenvalue weighted by atomic mass is 16.4. The van der Waals surface area contributed by atoms with Gasteiger partial charge in [-0.15, -0.1) is 0 Å². The second-order valence-electron chi connectivity index (χ2n) is 9.65. The van der Waals surface area contributed by atoms with E-state index < -0.39 is 66.1 Å². The molecule has 0 aliphatic rings. The third kappa shape index (κ3) is 10.5. The molecule has 0 spiro atoms. The van der Waals surface area contributed by atoms with Crippen LogP contribution in [0.25, 0.3) is 10.9 Å². The topological polar surface area (TPSA) is 279 Å². The Labute approximate surface area is 236 Å². The van der Waals surface area contributed by atoms with Gasteiger partial charge in [0.15, 0.2) is 0 Å². The van der Waals surface area contributed by atoms with Gasteiger partial charge in [0, 0.05) is 23.5 Å². The summed E-state index contributed by atoms with van der Waals surface area (Å²) in [5, 5.41) is 17.4. The maximum atomic E-state index is 13.1. The van der Waals surface area contributed by atoms with Crippen LogP contribution in [0.4, 0.5) is 0 Å². The monoisotopic (exact) mass is 574 g/mol. The molecule has 0 saturated carbocycles. The van der Waals surface area contributed by atoms with E-state index in [1.165, 1.54) is 0 Å². The van der Waals surface area contributed by atoms with Crippen molar-refractivity contribution in [2.45, 2.75) is 69.1 Å². The Hall–Kier alpha value is -4.50. The molecule has 0 fully saturated rings. The SMILES string of the molecule is NCCCCC(NC(=O)C(CC(N)=O)NC(=O)C(CCC(N)=O)NC(=O)C(N)Cc1c[nH]c2ccccc12)C(=O)O. The van der Waals surface area contributed by atoms with E-state index >= 15 is 0 Å². The van der Waals surface area contributed by atoms with Crippen molar-refractivity contribution in [3.8, 4) is 0 Å². The molecule has 2 aromatic rings. The fourth-order valence-corrected chi connectivity index (χ4v) is 4.17. The van der Waals surface area contributed by atoms with Gasteiger partial charge in [0.1, 0.15) is 18.1 Å². The van der Waals surface area contributed by atoms with Crippen molar-refractivity contribution in [3.63, 3.8) is 0 Å². The van der Waals surface area contributed by atoms with Gasteiger partial charge in [-0.3, -0.25) is 24.0 Å². The number of carbonyl (C=O) groups excluding carboxylic acids is 5. The largest absolute Gasteiger partial charge is 0.480 e. The van der Waals surface area contributed by atoms with Crippen molar-refractivity contribution in [2.24, 2.45) is 22.9 Å². The number of nitrogens with one attached hydrogen (secondary N) is 4. The highest BCUT2D eigenvalue weighted by Gasteiger charge is 2.31. The first-order valence-corrected chi connectivity index (χ1v) is 13.1. The Morgan fingerprint density at radius 1 is 0.829 bits per heavy atom. The van der Waals surface area contributed by atoms with Crippen LogP contribution in [0, 0.1) is 0 Å². The van der Waals surface area contributed by atoms with Gasteiger partial charge in [0.2, 0.25) is 29.5 Å². The summed E-state index contributed by atoms with van der Waals surface area (Å²) in [6.07, 6.45) is 1.71. The minimum atomic E-state index is -1.55. The average molecular weight is 575 g/mol. The molecule has 4 unspecified atom stereocenters. The molecule has 5 amide bonds. The highest BCUT2D eigenvalue weighted by molar-refractivity contribution is 5.96. The molecule has 0 saturated heterocycles. The Bertz CT molecular complexity index is 1250. The minimum Gasteiger partial charge on any atom is -0.480 e. The van der Waals surface area contributed by atoms with Crippen LogP contribution in [-0.2, 0) is 35.2 Å². The highest BCUT2D eigenvalue weighted by Crippen LogP contribution is 2.19. The van der Waals surface area contributed by atoms with Crippen LogP contribution < -0.4 is 38.9 Å².